The molecule has 0 radical (unpaired) electrons. The maximum atomic E-state index is 12.7. The summed E-state index contributed by atoms with van der Waals surface area (Å²) in [7, 11) is 1.89. The van der Waals surface area contributed by atoms with E-state index in [1.807, 2.05) is 29.9 Å². The number of nitrogens with zero attached hydrogens (tertiary/aromatic N) is 1. The van der Waals surface area contributed by atoms with E-state index < -0.39 is 0 Å². The summed E-state index contributed by atoms with van der Waals surface area (Å²) in [5, 5.41) is 1.53. The van der Waals surface area contributed by atoms with E-state index in [2.05, 4.69) is 15.9 Å². The molecule has 5 heteroatoms. The number of halogens is 2. The predicted octanol–water partition coefficient (Wildman–Crippen LogP) is 4.41. The number of aryl methyl sites for hydroxylation is 1. The summed E-state index contributed by atoms with van der Waals surface area (Å²) in [4.78, 5) is 12.7. The van der Waals surface area contributed by atoms with Crippen LogP contribution in [0.3, 0.4) is 0 Å². The van der Waals surface area contributed by atoms with Gasteiger partial charge in [0.15, 0.2) is 5.78 Å². The van der Waals surface area contributed by atoms with E-state index in [4.69, 9.17) is 17.3 Å². The second-order valence-electron chi connectivity index (χ2n) is 4.92. The molecule has 1 heterocycles. The topological polar surface area (TPSA) is 48.0 Å². The zero-order valence-electron chi connectivity index (χ0n) is 11.2. The van der Waals surface area contributed by atoms with Gasteiger partial charge in [0.2, 0.25) is 0 Å². The number of nitrogens with two attached hydrogens (primary N) is 1. The molecule has 0 saturated carbocycles. The third-order valence-electron chi connectivity index (χ3n) is 3.38. The second kappa shape index (κ2) is 5.20. The zero-order chi connectivity index (χ0) is 15.1. The average Bonchev–Trinajstić information content (AvgIpc) is 2.74. The summed E-state index contributed by atoms with van der Waals surface area (Å²) in [5.74, 6) is -0.0593. The molecule has 106 valence electrons. The van der Waals surface area contributed by atoms with E-state index in [0.29, 0.717) is 21.8 Å². The molecule has 0 aliphatic heterocycles. The van der Waals surface area contributed by atoms with Crippen molar-refractivity contribution in [3.63, 3.8) is 0 Å². The normalized spacial score (nSPS) is 11.0. The molecule has 0 spiro atoms. The number of rotatable bonds is 2. The quantitative estimate of drug-likeness (QED) is 0.541. The highest BCUT2D eigenvalue weighted by molar-refractivity contribution is 9.10. The first-order valence-corrected chi connectivity index (χ1v) is 7.48. The van der Waals surface area contributed by atoms with E-state index in [1.54, 1.807) is 24.3 Å². The lowest BCUT2D eigenvalue weighted by Gasteiger charge is -2.03. The number of fused-ring (bicyclic) bond motifs is 1. The molecule has 0 aliphatic rings. The van der Waals surface area contributed by atoms with E-state index in [-0.39, 0.29) is 5.78 Å². The number of ketones is 1. The summed E-state index contributed by atoms with van der Waals surface area (Å²) < 4.78 is 2.68. The van der Waals surface area contributed by atoms with Gasteiger partial charge in [0.25, 0.3) is 0 Å². The predicted molar refractivity (Wildman–Crippen MR) is 89.9 cm³/mol. The number of carbonyl (C=O) groups excluding carboxylic acids is 1. The molecule has 21 heavy (non-hydrogen) atoms. The summed E-state index contributed by atoms with van der Waals surface area (Å²) in [5.41, 5.74) is 8.48. The number of carbonyl (C=O) groups is 1. The molecule has 0 bridgehead atoms. The van der Waals surface area contributed by atoms with Crippen LogP contribution in [0.5, 0.6) is 0 Å². The number of hydrogen-bond acceptors (Lipinski definition) is 2. The third-order valence-corrected chi connectivity index (χ3v) is 4.07. The Kier molecular flexibility index (Phi) is 3.51. The Balaban J connectivity index is 2.18. The monoisotopic (exact) mass is 362 g/mol. The summed E-state index contributed by atoms with van der Waals surface area (Å²) in [6.45, 7) is 0. The van der Waals surface area contributed by atoms with Crippen LogP contribution in [0, 0.1) is 0 Å². The first kappa shape index (κ1) is 14.2. The minimum Gasteiger partial charge on any atom is -0.399 e. The van der Waals surface area contributed by atoms with Crippen molar-refractivity contribution in [3.8, 4) is 0 Å². The molecule has 3 aromatic rings. The van der Waals surface area contributed by atoms with Crippen molar-refractivity contribution in [3.05, 3.63) is 63.2 Å². The smallest absolute Gasteiger partial charge is 0.195 e. The fourth-order valence-electron chi connectivity index (χ4n) is 2.44. The van der Waals surface area contributed by atoms with Gasteiger partial charge in [0.1, 0.15) is 0 Å². The lowest BCUT2D eigenvalue weighted by Crippen LogP contribution is -2.02. The van der Waals surface area contributed by atoms with Gasteiger partial charge in [0.05, 0.1) is 0 Å². The first-order chi connectivity index (χ1) is 9.95. The highest BCUT2D eigenvalue weighted by Gasteiger charge is 2.16. The highest BCUT2D eigenvalue weighted by atomic mass is 79.9. The van der Waals surface area contributed by atoms with Crippen LogP contribution in [0.15, 0.2) is 47.1 Å². The molecule has 0 amide bonds. The fraction of sp³-hybridized carbons (Fsp3) is 0.0625. The molecule has 0 atom stereocenters. The Hall–Kier alpha value is -1.78. The van der Waals surface area contributed by atoms with Crippen molar-refractivity contribution < 1.29 is 4.79 Å². The van der Waals surface area contributed by atoms with Crippen LogP contribution < -0.4 is 5.73 Å². The molecule has 3 rings (SSSR count). The van der Waals surface area contributed by atoms with Crippen LogP contribution in [0.1, 0.15) is 15.9 Å². The van der Waals surface area contributed by atoms with Crippen molar-refractivity contribution >= 4 is 49.9 Å². The van der Waals surface area contributed by atoms with Crippen LogP contribution in [-0.2, 0) is 7.05 Å². The van der Waals surface area contributed by atoms with Crippen molar-refractivity contribution in [1.82, 2.24) is 4.57 Å². The van der Waals surface area contributed by atoms with Gasteiger partial charge in [-0.15, -0.1) is 0 Å². The molecular weight excluding hydrogens is 352 g/mol. The molecule has 2 N–H and O–H groups in total. The summed E-state index contributed by atoms with van der Waals surface area (Å²) in [6.07, 6.45) is 1.82. The number of nitrogen functional groups attached to an aromatic ring is 1. The van der Waals surface area contributed by atoms with Crippen molar-refractivity contribution in [1.29, 1.82) is 0 Å². The van der Waals surface area contributed by atoms with Crippen LogP contribution in [-0.4, -0.2) is 10.4 Å². The summed E-state index contributed by atoms with van der Waals surface area (Å²) in [6, 6.07) is 10.7. The van der Waals surface area contributed by atoms with E-state index >= 15 is 0 Å². The standard InChI is InChI=1S/C16H12BrClN2O/c1-20-8-14(13-3-2-11(18)7-15(13)20)16(21)9-4-10(17)6-12(19)5-9/h2-8H,19H2,1H3. The molecule has 0 fully saturated rings. The molecule has 3 nitrogen and oxygen atoms in total. The lowest BCUT2D eigenvalue weighted by atomic mass is 10.0. The SMILES string of the molecule is Cn1cc(C(=O)c2cc(N)cc(Br)c2)c2ccc(Cl)cc21. The van der Waals surface area contributed by atoms with Gasteiger partial charge in [-0.3, -0.25) is 4.79 Å². The zero-order valence-corrected chi connectivity index (χ0v) is 13.6. The van der Waals surface area contributed by atoms with Gasteiger partial charge in [-0.05, 0) is 30.3 Å². The first-order valence-electron chi connectivity index (χ1n) is 6.31. The number of aromatic nitrogens is 1. The van der Waals surface area contributed by atoms with Gasteiger partial charge < -0.3 is 10.3 Å². The van der Waals surface area contributed by atoms with Gasteiger partial charge in [0, 0.05) is 50.5 Å². The van der Waals surface area contributed by atoms with Gasteiger partial charge in [-0.1, -0.05) is 33.6 Å². The Morgan fingerprint density at radius 3 is 2.71 bits per heavy atom. The maximum Gasteiger partial charge on any atom is 0.195 e. The van der Waals surface area contributed by atoms with Crippen molar-refractivity contribution in [2.45, 2.75) is 0 Å². The minimum atomic E-state index is -0.0593. The van der Waals surface area contributed by atoms with Crippen molar-refractivity contribution in [2.24, 2.45) is 7.05 Å². The Morgan fingerprint density at radius 1 is 1.24 bits per heavy atom. The van der Waals surface area contributed by atoms with E-state index in [1.165, 1.54) is 0 Å². The van der Waals surface area contributed by atoms with Crippen LogP contribution in [0.4, 0.5) is 5.69 Å². The lowest BCUT2D eigenvalue weighted by molar-refractivity contribution is 0.104. The molecular formula is C16H12BrClN2O. The van der Waals surface area contributed by atoms with Crippen LogP contribution in [0.25, 0.3) is 10.9 Å². The number of hydrogen-bond donors (Lipinski definition) is 1. The second-order valence-corrected chi connectivity index (χ2v) is 6.27. The van der Waals surface area contributed by atoms with Gasteiger partial charge >= 0.3 is 0 Å². The van der Waals surface area contributed by atoms with E-state index in [9.17, 15) is 4.79 Å². The van der Waals surface area contributed by atoms with E-state index in [0.717, 1.165) is 15.4 Å². The maximum absolute atomic E-state index is 12.7. The molecule has 2 aromatic carbocycles. The molecule has 1 aromatic heterocycles. The average molecular weight is 364 g/mol. The molecule has 0 unspecified atom stereocenters. The number of anilines is 1. The molecule has 0 saturated heterocycles. The highest BCUT2D eigenvalue weighted by Crippen LogP contribution is 2.27. The largest absolute Gasteiger partial charge is 0.399 e. The Bertz CT molecular complexity index is 850. The van der Waals surface area contributed by atoms with Crippen molar-refractivity contribution in [2.75, 3.05) is 5.73 Å². The number of benzene rings is 2. The third kappa shape index (κ3) is 2.57. The van der Waals surface area contributed by atoms with Crippen LogP contribution >= 0.6 is 27.5 Å². The molecule has 0 aliphatic carbocycles. The van der Waals surface area contributed by atoms with Crippen LogP contribution in [0.2, 0.25) is 5.02 Å². The summed E-state index contributed by atoms with van der Waals surface area (Å²) >= 11 is 9.38. The van der Waals surface area contributed by atoms with Gasteiger partial charge in [-0.25, -0.2) is 0 Å². The Labute approximate surface area is 135 Å². The fourth-order valence-corrected chi connectivity index (χ4v) is 3.11. The minimum absolute atomic E-state index is 0.0593. The van der Waals surface area contributed by atoms with Gasteiger partial charge in [-0.2, -0.15) is 0 Å². The Morgan fingerprint density at radius 2 is 2.00 bits per heavy atom.